The predicted molar refractivity (Wildman–Crippen MR) is 106 cm³/mol. The van der Waals surface area contributed by atoms with Crippen molar-refractivity contribution in [1.82, 2.24) is 10.6 Å². The van der Waals surface area contributed by atoms with Crippen LogP contribution >= 0.6 is 0 Å². The minimum atomic E-state index is -0.692. The summed E-state index contributed by atoms with van der Waals surface area (Å²) < 4.78 is 0. The van der Waals surface area contributed by atoms with E-state index in [4.69, 9.17) is 0 Å². The Bertz CT molecular complexity index is 768. The molecule has 136 valence electrons. The topological polar surface area (TPSA) is 58.2 Å². The monoisotopic (exact) mass is 358 g/mol. The largest absolute Gasteiger partial charge is 0.348 e. The molecule has 4 nitrogen and oxygen atoms in total. The Hall–Kier alpha value is -3.24. The van der Waals surface area contributed by atoms with Gasteiger partial charge in [0.15, 0.2) is 0 Å². The lowest BCUT2D eigenvalue weighted by Gasteiger charge is -2.37. The van der Waals surface area contributed by atoms with E-state index < -0.39 is 5.54 Å². The normalized spacial score (nSPS) is 11.0. The van der Waals surface area contributed by atoms with Gasteiger partial charge in [0.2, 0.25) is 5.91 Å². The highest BCUT2D eigenvalue weighted by Gasteiger charge is 2.36. The Balaban J connectivity index is 2.11. The number of carbonyl (C=O) groups is 2. The van der Waals surface area contributed by atoms with Crippen molar-refractivity contribution in [2.24, 2.45) is 0 Å². The lowest BCUT2D eigenvalue weighted by molar-refractivity contribution is -0.121. The van der Waals surface area contributed by atoms with Gasteiger partial charge in [-0.3, -0.25) is 10.1 Å². The SMILES string of the molecule is O=CCNC(=O)CNC(c1ccccc1)(c1ccccc1)c1ccccc1. The summed E-state index contributed by atoms with van der Waals surface area (Å²) in [5, 5.41) is 6.05. The molecule has 27 heavy (non-hydrogen) atoms. The molecule has 0 radical (unpaired) electrons. The number of carbonyl (C=O) groups excluding carboxylic acids is 2. The number of hydrogen-bond acceptors (Lipinski definition) is 3. The third-order valence-electron chi connectivity index (χ3n) is 4.52. The summed E-state index contributed by atoms with van der Waals surface area (Å²) in [5.74, 6) is -0.228. The summed E-state index contributed by atoms with van der Waals surface area (Å²) >= 11 is 0. The number of hydrogen-bond donors (Lipinski definition) is 2. The Labute approximate surface area is 159 Å². The third kappa shape index (κ3) is 4.13. The van der Waals surface area contributed by atoms with Crippen molar-refractivity contribution in [1.29, 1.82) is 0 Å². The van der Waals surface area contributed by atoms with E-state index in [1.807, 2.05) is 54.6 Å². The Kier molecular flexibility index (Phi) is 6.13. The van der Waals surface area contributed by atoms with E-state index >= 15 is 0 Å². The number of aldehydes is 1. The molecule has 0 fully saturated rings. The molecule has 0 saturated heterocycles. The molecule has 2 N–H and O–H groups in total. The van der Waals surface area contributed by atoms with E-state index in [1.165, 1.54) is 0 Å². The molecule has 1 amide bonds. The minimum Gasteiger partial charge on any atom is -0.348 e. The molecule has 0 unspecified atom stereocenters. The molecule has 0 heterocycles. The van der Waals surface area contributed by atoms with Crippen LogP contribution in [0.25, 0.3) is 0 Å². The highest BCUT2D eigenvalue weighted by atomic mass is 16.2. The molecule has 3 rings (SSSR count). The molecule has 0 aliphatic rings. The summed E-state index contributed by atoms with van der Waals surface area (Å²) in [7, 11) is 0. The average Bonchev–Trinajstić information content (AvgIpc) is 2.75. The summed E-state index contributed by atoms with van der Waals surface area (Å²) in [5.41, 5.74) is 2.41. The van der Waals surface area contributed by atoms with E-state index in [0.717, 1.165) is 16.7 Å². The van der Waals surface area contributed by atoms with Crippen molar-refractivity contribution < 1.29 is 9.59 Å². The lowest BCUT2D eigenvalue weighted by Crippen LogP contribution is -2.49. The van der Waals surface area contributed by atoms with Crippen molar-refractivity contribution in [3.05, 3.63) is 108 Å². The molecule has 0 aliphatic heterocycles. The van der Waals surface area contributed by atoms with Crippen molar-refractivity contribution in [2.75, 3.05) is 13.1 Å². The summed E-state index contributed by atoms with van der Waals surface area (Å²) in [6, 6.07) is 30.2. The number of benzene rings is 3. The van der Waals surface area contributed by atoms with Gasteiger partial charge in [0.25, 0.3) is 0 Å². The molecular formula is C23H22N2O2. The highest BCUT2D eigenvalue weighted by molar-refractivity contribution is 5.80. The van der Waals surface area contributed by atoms with Crippen LogP contribution in [-0.2, 0) is 15.1 Å². The van der Waals surface area contributed by atoms with E-state index in [9.17, 15) is 9.59 Å². The lowest BCUT2D eigenvalue weighted by atomic mass is 9.77. The van der Waals surface area contributed by atoms with Crippen LogP contribution in [-0.4, -0.2) is 25.3 Å². The van der Waals surface area contributed by atoms with Crippen LogP contribution in [0.15, 0.2) is 91.0 Å². The van der Waals surface area contributed by atoms with Crippen molar-refractivity contribution >= 4 is 12.2 Å². The second-order valence-electron chi connectivity index (χ2n) is 6.17. The molecular weight excluding hydrogens is 336 g/mol. The van der Waals surface area contributed by atoms with Gasteiger partial charge in [0.1, 0.15) is 6.29 Å². The van der Waals surface area contributed by atoms with Gasteiger partial charge in [-0.1, -0.05) is 91.0 Å². The van der Waals surface area contributed by atoms with Gasteiger partial charge in [-0.2, -0.15) is 0 Å². The standard InChI is InChI=1S/C23H22N2O2/c26-17-16-24-22(27)18-25-23(19-10-4-1-5-11-19,20-12-6-2-7-13-20)21-14-8-3-9-15-21/h1-15,17,25H,16,18H2,(H,24,27). The van der Waals surface area contributed by atoms with E-state index in [0.29, 0.717) is 6.29 Å². The Morgan fingerprint density at radius 3 is 1.52 bits per heavy atom. The number of nitrogens with one attached hydrogen (secondary N) is 2. The average molecular weight is 358 g/mol. The van der Waals surface area contributed by atoms with Gasteiger partial charge in [-0.25, -0.2) is 0 Å². The van der Waals surface area contributed by atoms with Crippen molar-refractivity contribution in [3.8, 4) is 0 Å². The van der Waals surface area contributed by atoms with E-state index in [1.54, 1.807) is 0 Å². The van der Waals surface area contributed by atoms with Gasteiger partial charge in [-0.05, 0) is 16.7 Å². The van der Waals surface area contributed by atoms with Gasteiger partial charge in [0, 0.05) is 0 Å². The fourth-order valence-corrected chi connectivity index (χ4v) is 3.30. The molecule has 0 aromatic heterocycles. The molecule has 3 aromatic rings. The van der Waals surface area contributed by atoms with Crippen molar-refractivity contribution in [2.45, 2.75) is 5.54 Å². The molecule has 0 aliphatic carbocycles. The highest BCUT2D eigenvalue weighted by Crippen LogP contribution is 2.36. The molecule has 3 aromatic carbocycles. The van der Waals surface area contributed by atoms with Gasteiger partial charge < -0.3 is 10.1 Å². The maximum absolute atomic E-state index is 12.2. The van der Waals surface area contributed by atoms with Gasteiger partial charge >= 0.3 is 0 Å². The van der Waals surface area contributed by atoms with Crippen LogP contribution in [0.3, 0.4) is 0 Å². The van der Waals surface area contributed by atoms with Crippen LogP contribution in [0.1, 0.15) is 16.7 Å². The molecule has 0 saturated carbocycles. The first-order valence-electron chi connectivity index (χ1n) is 8.89. The Morgan fingerprint density at radius 1 is 0.741 bits per heavy atom. The first-order chi connectivity index (χ1) is 13.3. The molecule has 0 bridgehead atoms. The second-order valence-corrected chi connectivity index (χ2v) is 6.17. The molecule has 0 atom stereocenters. The van der Waals surface area contributed by atoms with Crippen LogP contribution in [0.2, 0.25) is 0 Å². The summed E-state index contributed by atoms with van der Waals surface area (Å²) in [6.45, 7) is 0.0854. The zero-order chi connectivity index (χ0) is 19.0. The number of amides is 1. The zero-order valence-corrected chi connectivity index (χ0v) is 15.0. The van der Waals surface area contributed by atoms with Crippen LogP contribution in [0.4, 0.5) is 0 Å². The summed E-state index contributed by atoms with van der Waals surface area (Å²) in [6.07, 6.45) is 0.677. The minimum absolute atomic E-state index is 0.00945. The molecule has 4 heteroatoms. The van der Waals surface area contributed by atoms with Gasteiger partial charge in [-0.15, -0.1) is 0 Å². The molecule has 0 spiro atoms. The van der Waals surface area contributed by atoms with Crippen LogP contribution in [0, 0.1) is 0 Å². The first kappa shape index (κ1) is 18.5. The Morgan fingerprint density at radius 2 is 1.15 bits per heavy atom. The van der Waals surface area contributed by atoms with E-state index in [-0.39, 0.29) is 19.0 Å². The van der Waals surface area contributed by atoms with Crippen LogP contribution in [0.5, 0.6) is 0 Å². The van der Waals surface area contributed by atoms with Gasteiger partial charge in [0.05, 0.1) is 18.6 Å². The number of rotatable bonds is 8. The van der Waals surface area contributed by atoms with Crippen molar-refractivity contribution in [3.63, 3.8) is 0 Å². The fourth-order valence-electron chi connectivity index (χ4n) is 3.30. The smallest absolute Gasteiger partial charge is 0.234 e. The fraction of sp³-hybridized carbons (Fsp3) is 0.130. The maximum atomic E-state index is 12.2. The summed E-state index contributed by atoms with van der Waals surface area (Å²) in [4.78, 5) is 22.7. The second kappa shape index (κ2) is 8.92. The van der Waals surface area contributed by atoms with E-state index in [2.05, 4.69) is 47.0 Å². The van der Waals surface area contributed by atoms with Crippen LogP contribution < -0.4 is 10.6 Å². The zero-order valence-electron chi connectivity index (χ0n) is 15.0. The predicted octanol–water partition coefficient (Wildman–Crippen LogP) is 2.88. The quantitative estimate of drug-likeness (QED) is 0.481. The third-order valence-corrected chi connectivity index (χ3v) is 4.52. The first-order valence-corrected chi connectivity index (χ1v) is 8.89. The maximum Gasteiger partial charge on any atom is 0.234 e.